The van der Waals surface area contributed by atoms with Gasteiger partial charge in [-0.25, -0.2) is 4.79 Å². The van der Waals surface area contributed by atoms with Crippen molar-refractivity contribution in [3.8, 4) is 0 Å². The molecule has 0 aliphatic heterocycles. The van der Waals surface area contributed by atoms with Crippen LogP contribution in [-0.2, 0) is 14.3 Å². The van der Waals surface area contributed by atoms with Crippen LogP contribution in [0.15, 0.2) is 30.3 Å². The molecule has 192 valence electrons. The van der Waals surface area contributed by atoms with Crippen LogP contribution in [0.5, 0.6) is 0 Å². The summed E-state index contributed by atoms with van der Waals surface area (Å²) in [6.07, 6.45) is 2.78. The van der Waals surface area contributed by atoms with Gasteiger partial charge in [0.25, 0.3) is 0 Å². The van der Waals surface area contributed by atoms with Crippen LogP contribution < -0.4 is 10.6 Å². The standard InChI is InChI=1S/C26H43N3O5/c1-7-9-13-16-27-23(31)22(20-14-11-10-12-15-20)29(17-18-30)24(32)21(19(3)8-2)28-25(33)34-26(4,5)6/h10-12,14-15,19,21-22,30H,7-9,13,16-18H2,1-6H3,(H,27,31)(H,28,33). The molecule has 0 bridgehead atoms. The lowest BCUT2D eigenvalue weighted by Crippen LogP contribution is -2.55. The molecular weight excluding hydrogens is 434 g/mol. The van der Waals surface area contributed by atoms with E-state index in [1.54, 1.807) is 45.0 Å². The summed E-state index contributed by atoms with van der Waals surface area (Å²) >= 11 is 0. The maximum Gasteiger partial charge on any atom is 0.408 e. The van der Waals surface area contributed by atoms with Gasteiger partial charge in [-0.1, -0.05) is 70.4 Å². The number of amides is 3. The number of hydrogen-bond donors (Lipinski definition) is 3. The van der Waals surface area contributed by atoms with Crippen LogP contribution in [0, 0.1) is 5.92 Å². The Balaban J connectivity index is 3.29. The highest BCUT2D eigenvalue weighted by atomic mass is 16.6. The Bertz CT molecular complexity index is 763. The second-order valence-corrected chi connectivity index (χ2v) is 9.58. The normalized spacial score (nSPS) is 14.0. The third kappa shape index (κ3) is 9.71. The van der Waals surface area contributed by atoms with Crippen molar-refractivity contribution in [2.45, 2.75) is 84.9 Å². The van der Waals surface area contributed by atoms with E-state index >= 15 is 0 Å². The number of carbonyl (C=O) groups excluding carboxylic acids is 3. The molecule has 1 aromatic rings. The molecule has 3 unspecified atom stereocenters. The van der Waals surface area contributed by atoms with Crippen molar-refractivity contribution < 1.29 is 24.2 Å². The van der Waals surface area contributed by atoms with Gasteiger partial charge in [-0.2, -0.15) is 0 Å². The molecule has 34 heavy (non-hydrogen) atoms. The van der Waals surface area contributed by atoms with E-state index in [1.165, 1.54) is 4.90 Å². The molecule has 1 aromatic carbocycles. The molecule has 3 amide bonds. The molecule has 0 saturated carbocycles. The van der Waals surface area contributed by atoms with Crippen LogP contribution in [-0.4, -0.2) is 59.3 Å². The first-order valence-corrected chi connectivity index (χ1v) is 12.3. The number of aliphatic hydroxyl groups excluding tert-OH is 1. The highest BCUT2D eigenvalue weighted by Gasteiger charge is 2.37. The van der Waals surface area contributed by atoms with Crippen LogP contribution >= 0.6 is 0 Å². The number of unbranched alkanes of at least 4 members (excludes halogenated alkanes) is 2. The fourth-order valence-electron chi connectivity index (χ4n) is 3.56. The summed E-state index contributed by atoms with van der Waals surface area (Å²) in [5.41, 5.74) is -0.0828. The Morgan fingerprint density at radius 3 is 2.26 bits per heavy atom. The van der Waals surface area contributed by atoms with Gasteiger partial charge < -0.3 is 25.4 Å². The number of carbonyl (C=O) groups is 3. The average Bonchev–Trinajstić information content (AvgIpc) is 2.78. The number of hydrogen-bond acceptors (Lipinski definition) is 5. The third-order valence-electron chi connectivity index (χ3n) is 5.53. The van der Waals surface area contributed by atoms with Crippen molar-refractivity contribution in [2.75, 3.05) is 19.7 Å². The summed E-state index contributed by atoms with van der Waals surface area (Å²) in [4.78, 5) is 41.0. The third-order valence-corrected chi connectivity index (χ3v) is 5.53. The smallest absolute Gasteiger partial charge is 0.408 e. The molecule has 0 aliphatic rings. The van der Waals surface area contributed by atoms with Crippen LogP contribution in [0.25, 0.3) is 0 Å². The molecule has 3 N–H and O–H groups in total. The van der Waals surface area contributed by atoms with Crippen molar-refractivity contribution >= 4 is 17.9 Å². The van der Waals surface area contributed by atoms with E-state index in [0.29, 0.717) is 18.5 Å². The zero-order valence-corrected chi connectivity index (χ0v) is 21.6. The van der Waals surface area contributed by atoms with E-state index in [-0.39, 0.29) is 25.0 Å². The zero-order chi connectivity index (χ0) is 25.7. The maximum absolute atomic E-state index is 13.8. The van der Waals surface area contributed by atoms with Gasteiger partial charge in [-0.15, -0.1) is 0 Å². The largest absolute Gasteiger partial charge is 0.444 e. The minimum absolute atomic E-state index is 0.0519. The molecular formula is C26H43N3O5. The van der Waals surface area contributed by atoms with Crippen LogP contribution in [0.4, 0.5) is 4.79 Å². The highest BCUT2D eigenvalue weighted by molar-refractivity contribution is 5.92. The van der Waals surface area contributed by atoms with Gasteiger partial charge in [0.15, 0.2) is 0 Å². The lowest BCUT2D eigenvalue weighted by Gasteiger charge is -2.35. The molecule has 0 heterocycles. The lowest BCUT2D eigenvalue weighted by atomic mass is 9.95. The van der Waals surface area contributed by atoms with Crippen LogP contribution in [0.2, 0.25) is 0 Å². The molecule has 0 spiro atoms. The van der Waals surface area contributed by atoms with Crippen LogP contribution in [0.3, 0.4) is 0 Å². The van der Waals surface area contributed by atoms with E-state index in [2.05, 4.69) is 17.6 Å². The van der Waals surface area contributed by atoms with E-state index in [9.17, 15) is 19.5 Å². The van der Waals surface area contributed by atoms with E-state index in [0.717, 1.165) is 19.3 Å². The summed E-state index contributed by atoms with van der Waals surface area (Å²) in [7, 11) is 0. The Morgan fingerprint density at radius 1 is 1.09 bits per heavy atom. The number of rotatable bonds is 13. The van der Waals surface area contributed by atoms with Gasteiger partial charge in [0, 0.05) is 13.1 Å². The van der Waals surface area contributed by atoms with Crippen molar-refractivity contribution in [3.63, 3.8) is 0 Å². The Morgan fingerprint density at radius 2 is 1.74 bits per heavy atom. The molecule has 0 aliphatic carbocycles. The number of nitrogens with zero attached hydrogens (tertiary/aromatic N) is 1. The molecule has 0 radical (unpaired) electrons. The maximum atomic E-state index is 13.8. The van der Waals surface area contributed by atoms with Gasteiger partial charge in [-0.05, 0) is 38.7 Å². The summed E-state index contributed by atoms with van der Waals surface area (Å²) in [6, 6.07) is 7.17. The van der Waals surface area contributed by atoms with Crippen molar-refractivity contribution in [2.24, 2.45) is 5.92 Å². The van der Waals surface area contributed by atoms with Crippen molar-refractivity contribution in [3.05, 3.63) is 35.9 Å². The molecule has 0 fully saturated rings. The minimum Gasteiger partial charge on any atom is -0.444 e. The zero-order valence-electron chi connectivity index (χ0n) is 21.6. The Kier molecular flexibility index (Phi) is 12.6. The molecule has 0 saturated heterocycles. The number of ether oxygens (including phenoxy) is 1. The van der Waals surface area contributed by atoms with E-state index < -0.39 is 29.7 Å². The predicted octanol–water partition coefficient (Wildman–Crippen LogP) is 3.79. The van der Waals surface area contributed by atoms with E-state index in [1.807, 2.05) is 19.9 Å². The molecule has 8 heteroatoms. The van der Waals surface area contributed by atoms with Gasteiger partial charge in [0.05, 0.1) is 6.61 Å². The molecule has 0 aromatic heterocycles. The lowest BCUT2D eigenvalue weighted by molar-refractivity contribution is -0.144. The van der Waals surface area contributed by atoms with E-state index in [4.69, 9.17) is 4.74 Å². The summed E-state index contributed by atoms with van der Waals surface area (Å²) in [5.74, 6) is -0.971. The first kappa shape index (κ1) is 29.4. The first-order chi connectivity index (χ1) is 16.1. The van der Waals surface area contributed by atoms with Crippen molar-refractivity contribution in [1.29, 1.82) is 0 Å². The van der Waals surface area contributed by atoms with Gasteiger partial charge in [0.1, 0.15) is 17.7 Å². The number of nitrogens with one attached hydrogen (secondary N) is 2. The summed E-state index contributed by atoms with van der Waals surface area (Å²) in [5, 5.41) is 15.4. The fourth-order valence-corrected chi connectivity index (χ4v) is 3.56. The second-order valence-electron chi connectivity index (χ2n) is 9.58. The SMILES string of the molecule is CCCCCNC(=O)C(c1ccccc1)N(CCO)C(=O)C(NC(=O)OC(C)(C)C)C(C)CC. The highest BCUT2D eigenvalue weighted by Crippen LogP contribution is 2.24. The average molecular weight is 478 g/mol. The monoisotopic (exact) mass is 477 g/mol. The molecule has 8 nitrogen and oxygen atoms in total. The number of aliphatic hydroxyl groups is 1. The molecule has 1 rings (SSSR count). The second kappa shape index (κ2) is 14.6. The number of benzene rings is 1. The quantitative estimate of drug-likeness (QED) is 0.375. The Hall–Kier alpha value is -2.61. The van der Waals surface area contributed by atoms with Gasteiger partial charge in [0.2, 0.25) is 11.8 Å². The van der Waals surface area contributed by atoms with Crippen molar-refractivity contribution in [1.82, 2.24) is 15.5 Å². The predicted molar refractivity (Wildman–Crippen MR) is 133 cm³/mol. The topological polar surface area (TPSA) is 108 Å². The number of alkyl carbamates (subject to hydrolysis) is 1. The first-order valence-electron chi connectivity index (χ1n) is 12.3. The van der Waals surface area contributed by atoms with Gasteiger partial charge >= 0.3 is 6.09 Å². The van der Waals surface area contributed by atoms with Gasteiger partial charge in [-0.3, -0.25) is 9.59 Å². The summed E-state index contributed by atoms with van der Waals surface area (Å²) in [6.45, 7) is 11.2. The summed E-state index contributed by atoms with van der Waals surface area (Å²) < 4.78 is 5.37. The molecule has 3 atom stereocenters. The Labute approximate surface area is 204 Å². The minimum atomic E-state index is -0.936. The van der Waals surface area contributed by atoms with Crippen LogP contribution in [0.1, 0.15) is 78.8 Å². The fraction of sp³-hybridized carbons (Fsp3) is 0.654.